The molecule has 2 rings (SSSR count). The zero-order chi connectivity index (χ0) is 13.5. The van der Waals surface area contributed by atoms with Gasteiger partial charge in [-0.1, -0.05) is 18.6 Å². The first kappa shape index (κ1) is 13.7. The predicted molar refractivity (Wildman–Crippen MR) is 72.4 cm³/mol. The fraction of sp³-hybridized carbons (Fsp3) is 0.429. The first-order valence-electron chi connectivity index (χ1n) is 6.54. The molecule has 1 N–H and O–H groups in total. The number of nitrogens with zero attached hydrogens (tertiary/aromatic N) is 2. The highest BCUT2D eigenvalue weighted by atomic mass is 19.1. The van der Waals surface area contributed by atoms with Crippen LogP contribution in [0.2, 0.25) is 0 Å². The molecule has 0 atom stereocenters. The summed E-state index contributed by atoms with van der Waals surface area (Å²) in [4.78, 5) is 13.8. The number of hydrogen-bond donors (Lipinski definition) is 1. The highest BCUT2D eigenvalue weighted by molar-refractivity contribution is 5.83. The molecule has 0 aromatic heterocycles. The molecule has 1 fully saturated rings. The quantitative estimate of drug-likeness (QED) is 0.664. The van der Waals surface area contributed by atoms with Crippen molar-refractivity contribution in [3.05, 3.63) is 35.6 Å². The maximum Gasteiger partial charge on any atom is 0.254 e. The maximum atomic E-state index is 12.7. The third kappa shape index (κ3) is 4.79. The zero-order valence-corrected chi connectivity index (χ0v) is 10.8. The maximum absolute atomic E-state index is 12.7. The van der Waals surface area contributed by atoms with Crippen LogP contribution in [0.3, 0.4) is 0 Å². The topological polar surface area (TPSA) is 44.7 Å². The Morgan fingerprint density at radius 2 is 1.95 bits per heavy atom. The molecule has 0 radical (unpaired) electrons. The third-order valence-electron chi connectivity index (χ3n) is 3.09. The first-order valence-corrected chi connectivity index (χ1v) is 6.54. The zero-order valence-electron chi connectivity index (χ0n) is 10.8. The number of benzene rings is 1. The van der Waals surface area contributed by atoms with Gasteiger partial charge in [0.1, 0.15) is 5.82 Å². The van der Waals surface area contributed by atoms with Crippen LogP contribution < -0.4 is 5.43 Å². The Bertz CT molecular complexity index is 439. The third-order valence-corrected chi connectivity index (χ3v) is 3.09. The van der Waals surface area contributed by atoms with Crippen LogP contribution in [-0.4, -0.2) is 36.7 Å². The van der Waals surface area contributed by atoms with Gasteiger partial charge in [-0.2, -0.15) is 5.10 Å². The number of rotatable bonds is 4. The molecule has 4 nitrogen and oxygen atoms in total. The summed E-state index contributed by atoms with van der Waals surface area (Å²) in [5, 5.41) is 3.86. The molecule has 1 aliphatic rings. The van der Waals surface area contributed by atoms with Crippen LogP contribution in [0, 0.1) is 5.82 Å². The van der Waals surface area contributed by atoms with Gasteiger partial charge >= 0.3 is 0 Å². The normalized spacial score (nSPS) is 16.7. The summed E-state index contributed by atoms with van der Waals surface area (Å²) < 4.78 is 12.7. The van der Waals surface area contributed by atoms with Gasteiger partial charge in [-0.25, -0.2) is 9.82 Å². The van der Waals surface area contributed by atoms with E-state index in [9.17, 15) is 9.18 Å². The van der Waals surface area contributed by atoms with Gasteiger partial charge in [-0.05, 0) is 43.6 Å². The summed E-state index contributed by atoms with van der Waals surface area (Å²) in [6.45, 7) is 2.35. The highest BCUT2D eigenvalue weighted by Crippen LogP contribution is 2.07. The number of halogens is 1. The van der Waals surface area contributed by atoms with Crippen LogP contribution in [-0.2, 0) is 4.79 Å². The predicted octanol–water partition coefficient (Wildman–Crippen LogP) is 1.76. The number of amides is 1. The summed E-state index contributed by atoms with van der Waals surface area (Å²) in [5.74, 6) is -0.397. The van der Waals surface area contributed by atoms with Gasteiger partial charge in [0.15, 0.2) is 0 Å². The highest BCUT2D eigenvalue weighted by Gasteiger charge is 2.12. The molecule has 19 heavy (non-hydrogen) atoms. The van der Waals surface area contributed by atoms with Crippen LogP contribution in [0.4, 0.5) is 4.39 Å². The number of hydrazone groups is 1. The molecule has 1 heterocycles. The monoisotopic (exact) mass is 263 g/mol. The van der Waals surface area contributed by atoms with E-state index >= 15 is 0 Å². The lowest BCUT2D eigenvalue weighted by Crippen LogP contribution is -2.38. The standard InChI is InChI=1S/C14H18FN3O/c15-13-6-4-12(5-7-13)10-16-17-14(19)11-18-8-2-1-3-9-18/h4-7,10H,1-3,8-9,11H2,(H,17,19)/b16-10-. The molecule has 0 saturated carbocycles. The van der Waals surface area contributed by atoms with E-state index in [1.807, 2.05) is 0 Å². The Hall–Kier alpha value is -1.75. The van der Waals surface area contributed by atoms with Gasteiger partial charge < -0.3 is 0 Å². The summed E-state index contributed by atoms with van der Waals surface area (Å²) in [7, 11) is 0. The van der Waals surface area contributed by atoms with E-state index in [0.29, 0.717) is 6.54 Å². The average Bonchev–Trinajstić information content (AvgIpc) is 2.42. The number of hydrogen-bond acceptors (Lipinski definition) is 3. The molecule has 1 aromatic rings. The van der Waals surface area contributed by atoms with Gasteiger partial charge in [-0.3, -0.25) is 9.69 Å². The van der Waals surface area contributed by atoms with Crippen molar-refractivity contribution in [2.75, 3.05) is 19.6 Å². The fourth-order valence-electron chi connectivity index (χ4n) is 2.08. The summed E-state index contributed by atoms with van der Waals surface area (Å²) >= 11 is 0. The minimum Gasteiger partial charge on any atom is -0.294 e. The Kier molecular flexibility index (Phi) is 5.03. The Labute approximate surface area is 112 Å². The van der Waals surface area contributed by atoms with Crippen molar-refractivity contribution in [1.82, 2.24) is 10.3 Å². The summed E-state index contributed by atoms with van der Waals surface area (Å²) in [5.41, 5.74) is 3.24. The Morgan fingerprint density at radius 1 is 1.26 bits per heavy atom. The van der Waals surface area contributed by atoms with Gasteiger partial charge in [0, 0.05) is 0 Å². The van der Waals surface area contributed by atoms with Crippen LogP contribution in [0.15, 0.2) is 29.4 Å². The van der Waals surface area contributed by atoms with E-state index in [2.05, 4.69) is 15.4 Å². The molecule has 0 bridgehead atoms. The molecular weight excluding hydrogens is 245 g/mol. The summed E-state index contributed by atoms with van der Waals surface area (Å²) in [6, 6.07) is 5.93. The van der Waals surface area contributed by atoms with Crippen molar-refractivity contribution in [2.45, 2.75) is 19.3 Å². The molecule has 0 spiro atoms. The lowest BCUT2D eigenvalue weighted by Gasteiger charge is -2.25. The second-order valence-corrected chi connectivity index (χ2v) is 4.68. The van der Waals surface area contributed by atoms with E-state index in [1.165, 1.54) is 24.8 Å². The molecule has 1 aliphatic heterocycles. The fourth-order valence-corrected chi connectivity index (χ4v) is 2.08. The molecule has 5 heteroatoms. The number of nitrogens with one attached hydrogen (secondary N) is 1. The number of carbonyl (C=O) groups is 1. The van der Waals surface area contributed by atoms with Gasteiger partial charge in [0.2, 0.25) is 0 Å². The van der Waals surface area contributed by atoms with Crippen LogP contribution >= 0.6 is 0 Å². The van der Waals surface area contributed by atoms with Gasteiger partial charge in [0.05, 0.1) is 12.8 Å². The van der Waals surface area contributed by atoms with E-state index in [-0.39, 0.29) is 11.7 Å². The van der Waals surface area contributed by atoms with Crippen molar-refractivity contribution in [1.29, 1.82) is 0 Å². The Balaban J connectivity index is 1.74. The number of carbonyl (C=O) groups excluding carboxylic acids is 1. The van der Waals surface area contributed by atoms with Crippen molar-refractivity contribution in [3.8, 4) is 0 Å². The van der Waals surface area contributed by atoms with E-state index in [1.54, 1.807) is 12.1 Å². The molecule has 0 unspecified atom stereocenters. The molecule has 1 saturated heterocycles. The van der Waals surface area contributed by atoms with Crippen molar-refractivity contribution < 1.29 is 9.18 Å². The molecule has 1 amide bonds. The molecular formula is C14H18FN3O. The molecule has 0 aliphatic carbocycles. The second kappa shape index (κ2) is 6.99. The van der Waals surface area contributed by atoms with Gasteiger partial charge in [-0.15, -0.1) is 0 Å². The average molecular weight is 263 g/mol. The SMILES string of the molecule is O=C(CN1CCCCC1)N/N=C\c1ccc(F)cc1. The second-order valence-electron chi connectivity index (χ2n) is 4.68. The van der Waals surface area contributed by atoms with Crippen molar-refractivity contribution >= 4 is 12.1 Å². The van der Waals surface area contributed by atoms with Crippen LogP contribution in [0.25, 0.3) is 0 Å². The van der Waals surface area contributed by atoms with E-state index in [0.717, 1.165) is 31.5 Å². The minimum absolute atomic E-state index is 0.111. The first-order chi connectivity index (χ1) is 9.24. The van der Waals surface area contributed by atoms with Crippen LogP contribution in [0.1, 0.15) is 24.8 Å². The van der Waals surface area contributed by atoms with Gasteiger partial charge in [0.25, 0.3) is 5.91 Å². The van der Waals surface area contributed by atoms with E-state index < -0.39 is 0 Å². The smallest absolute Gasteiger partial charge is 0.254 e. The molecule has 1 aromatic carbocycles. The van der Waals surface area contributed by atoms with E-state index in [4.69, 9.17) is 0 Å². The van der Waals surface area contributed by atoms with Crippen LogP contribution in [0.5, 0.6) is 0 Å². The molecule has 102 valence electrons. The lowest BCUT2D eigenvalue weighted by molar-refractivity contribution is -0.122. The number of piperidine rings is 1. The lowest BCUT2D eigenvalue weighted by atomic mass is 10.1. The summed E-state index contributed by atoms with van der Waals surface area (Å²) in [6.07, 6.45) is 5.08. The largest absolute Gasteiger partial charge is 0.294 e. The minimum atomic E-state index is -0.286. The van der Waals surface area contributed by atoms with Crippen molar-refractivity contribution in [2.24, 2.45) is 5.10 Å². The van der Waals surface area contributed by atoms with Crippen molar-refractivity contribution in [3.63, 3.8) is 0 Å². The number of likely N-dealkylation sites (tertiary alicyclic amines) is 1. The Morgan fingerprint density at radius 3 is 2.63 bits per heavy atom.